The molecule has 21 heavy (non-hydrogen) atoms. The molecule has 0 spiro atoms. The molecule has 0 atom stereocenters. The first-order chi connectivity index (χ1) is 10.3. The minimum atomic E-state index is 0.231. The van der Waals surface area contributed by atoms with Gasteiger partial charge < -0.3 is 5.32 Å². The average molecular weight is 293 g/mol. The Morgan fingerprint density at radius 3 is 1.86 bits per heavy atom. The Kier molecular flexibility index (Phi) is 4.49. The van der Waals surface area contributed by atoms with Gasteiger partial charge in [0.2, 0.25) is 0 Å². The molecule has 0 radical (unpaired) electrons. The predicted molar refractivity (Wildman–Crippen MR) is 90.6 cm³/mol. The van der Waals surface area contributed by atoms with Crippen LogP contribution in [-0.2, 0) is 6.54 Å². The molecule has 0 bridgehead atoms. The lowest BCUT2D eigenvalue weighted by Gasteiger charge is -2.19. The summed E-state index contributed by atoms with van der Waals surface area (Å²) < 4.78 is 0. The quantitative estimate of drug-likeness (QED) is 0.703. The maximum Gasteiger partial charge on any atom is 0.0579 e. The lowest BCUT2D eigenvalue weighted by atomic mass is 9.99. The molecule has 106 valence electrons. The fourth-order valence-electron chi connectivity index (χ4n) is 2.50. The van der Waals surface area contributed by atoms with E-state index in [0.29, 0.717) is 0 Å². The Morgan fingerprint density at radius 2 is 1.38 bits per heavy atom. The summed E-state index contributed by atoms with van der Waals surface area (Å²) in [6.07, 6.45) is 0. The van der Waals surface area contributed by atoms with Gasteiger partial charge in [-0.15, -0.1) is 11.3 Å². The van der Waals surface area contributed by atoms with Gasteiger partial charge in [-0.2, -0.15) is 0 Å². The maximum atomic E-state index is 3.69. The van der Waals surface area contributed by atoms with Gasteiger partial charge in [0.25, 0.3) is 0 Å². The van der Waals surface area contributed by atoms with E-state index in [1.54, 1.807) is 0 Å². The molecule has 2 heteroatoms. The van der Waals surface area contributed by atoms with Gasteiger partial charge in [-0.1, -0.05) is 60.7 Å². The van der Waals surface area contributed by atoms with Gasteiger partial charge in [0.1, 0.15) is 0 Å². The molecule has 2 aromatic carbocycles. The fourth-order valence-corrected chi connectivity index (χ4v) is 3.34. The topological polar surface area (TPSA) is 12.0 Å². The molecule has 3 rings (SSSR count). The van der Waals surface area contributed by atoms with Crippen LogP contribution in [0.25, 0.3) is 0 Å². The van der Waals surface area contributed by atoms with Gasteiger partial charge in [-0.3, -0.25) is 0 Å². The molecule has 0 unspecified atom stereocenters. The van der Waals surface area contributed by atoms with Crippen LogP contribution in [0.5, 0.6) is 0 Å². The van der Waals surface area contributed by atoms with Crippen LogP contribution in [0.3, 0.4) is 0 Å². The van der Waals surface area contributed by atoms with Crippen molar-refractivity contribution in [1.29, 1.82) is 0 Å². The van der Waals surface area contributed by atoms with Crippen LogP contribution in [0, 0.1) is 6.92 Å². The number of aryl methyl sites for hydroxylation is 1. The first-order valence-corrected chi connectivity index (χ1v) is 8.03. The molecule has 0 saturated carbocycles. The SMILES string of the molecule is Cc1ccc(CNC(c2ccccc2)c2ccccc2)s1. The summed E-state index contributed by atoms with van der Waals surface area (Å²) in [7, 11) is 0. The highest BCUT2D eigenvalue weighted by Gasteiger charge is 2.13. The van der Waals surface area contributed by atoms with E-state index in [0.717, 1.165) is 6.54 Å². The second-order valence-corrected chi connectivity index (χ2v) is 6.52. The summed E-state index contributed by atoms with van der Waals surface area (Å²) in [5.74, 6) is 0. The zero-order valence-electron chi connectivity index (χ0n) is 12.1. The summed E-state index contributed by atoms with van der Waals surface area (Å²) in [6, 6.07) is 25.9. The van der Waals surface area contributed by atoms with Crippen LogP contribution in [0.1, 0.15) is 26.9 Å². The van der Waals surface area contributed by atoms with Crippen LogP contribution in [0.15, 0.2) is 72.8 Å². The summed E-state index contributed by atoms with van der Waals surface area (Å²) in [6.45, 7) is 3.05. The Morgan fingerprint density at radius 1 is 0.810 bits per heavy atom. The zero-order valence-corrected chi connectivity index (χ0v) is 12.9. The lowest BCUT2D eigenvalue weighted by Crippen LogP contribution is -2.21. The first-order valence-electron chi connectivity index (χ1n) is 7.21. The van der Waals surface area contributed by atoms with E-state index in [2.05, 4.69) is 85.0 Å². The van der Waals surface area contributed by atoms with Gasteiger partial charge in [0, 0.05) is 16.3 Å². The van der Waals surface area contributed by atoms with Crippen molar-refractivity contribution in [3.8, 4) is 0 Å². The van der Waals surface area contributed by atoms with Crippen molar-refractivity contribution in [2.75, 3.05) is 0 Å². The number of hydrogen-bond acceptors (Lipinski definition) is 2. The largest absolute Gasteiger partial charge is 0.301 e. The molecule has 0 aliphatic rings. The number of benzene rings is 2. The monoisotopic (exact) mass is 293 g/mol. The van der Waals surface area contributed by atoms with Crippen molar-refractivity contribution < 1.29 is 0 Å². The summed E-state index contributed by atoms with van der Waals surface area (Å²) in [5, 5.41) is 3.69. The predicted octanol–water partition coefficient (Wildman–Crippen LogP) is 4.94. The Balaban J connectivity index is 1.83. The van der Waals surface area contributed by atoms with E-state index in [9.17, 15) is 0 Å². The van der Waals surface area contributed by atoms with Crippen molar-refractivity contribution >= 4 is 11.3 Å². The van der Waals surface area contributed by atoms with Crippen LogP contribution < -0.4 is 5.32 Å². The van der Waals surface area contributed by atoms with Gasteiger partial charge in [-0.05, 0) is 30.2 Å². The average Bonchev–Trinajstić information content (AvgIpc) is 2.95. The molecule has 0 aliphatic carbocycles. The number of thiophene rings is 1. The van der Waals surface area contributed by atoms with Gasteiger partial charge in [0.05, 0.1) is 6.04 Å². The normalized spacial score (nSPS) is 11.0. The van der Waals surface area contributed by atoms with E-state index < -0.39 is 0 Å². The zero-order chi connectivity index (χ0) is 14.5. The standard InChI is InChI=1S/C19H19NS/c1-15-12-13-18(21-15)14-20-19(16-8-4-2-5-9-16)17-10-6-3-7-11-17/h2-13,19-20H,14H2,1H3. The number of hydrogen-bond donors (Lipinski definition) is 1. The van der Waals surface area contributed by atoms with Crippen LogP contribution >= 0.6 is 11.3 Å². The highest BCUT2D eigenvalue weighted by atomic mass is 32.1. The molecule has 0 saturated heterocycles. The molecule has 1 aromatic heterocycles. The highest BCUT2D eigenvalue weighted by Crippen LogP contribution is 2.23. The van der Waals surface area contributed by atoms with Crippen molar-refractivity contribution in [2.45, 2.75) is 19.5 Å². The van der Waals surface area contributed by atoms with Gasteiger partial charge in [0.15, 0.2) is 0 Å². The second-order valence-electron chi connectivity index (χ2n) is 5.15. The number of nitrogens with one attached hydrogen (secondary N) is 1. The Labute approximate surface area is 130 Å². The van der Waals surface area contributed by atoms with E-state index in [4.69, 9.17) is 0 Å². The van der Waals surface area contributed by atoms with Crippen molar-refractivity contribution in [3.63, 3.8) is 0 Å². The van der Waals surface area contributed by atoms with Crippen LogP contribution in [0.2, 0.25) is 0 Å². The summed E-state index contributed by atoms with van der Waals surface area (Å²) >= 11 is 1.86. The molecule has 1 nitrogen and oxygen atoms in total. The second kappa shape index (κ2) is 6.70. The van der Waals surface area contributed by atoms with Crippen molar-refractivity contribution in [3.05, 3.63) is 93.7 Å². The third-order valence-electron chi connectivity index (χ3n) is 3.54. The molecule has 0 aliphatic heterocycles. The summed E-state index contributed by atoms with van der Waals surface area (Å²) in [4.78, 5) is 2.74. The lowest BCUT2D eigenvalue weighted by molar-refractivity contribution is 0.610. The first kappa shape index (κ1) is 14.1. The molecular weight excluding hydrogens is 274 g/mol. The molecule has 1 heterocycles. The van der Waals surface area contributed by atoms with Crippen LogP contribution in [-0.4, -0.2) is 0 Å². The smallest absolute Gasteiger partial charge is 0.0579 e. The van der Waals surface area contributed by atoms with E-state index >= 15 is 0 Å². The van der Waals surface area contributed by atoms with Gasteiger partial charge >= 0.3 is 0 Å². The summed E-state index contributed by atoms with van der Waals surface area (Å²) in [5.41, 5.74) is 2.61. The molecule has 3 aromatic rings. The van der Waals surface area contributed by atoms with Crippen molar-refractivity contribution in [2.24, 2.45) is 0 Å². The maximum absolute atomic E-state index is 3.69. The molecule has 0 fully saturated rings. The molecule has 0 amide bonds. The molecular formula is C19H19NS. The fraction of sp³-hybridized carbons (Fsp3) is 0.158. The number of rotatable bonds is 5. The van der Waals surface area contributed by atoms with Crippen LogP contribution in [0.4, 0.5) is 0 Å². The molecule has 1 N–H and O–H groups in total. The minimum Gasteiger partial charge on any atom is -0.301 e. The Bertz CT molecular complexity index is 634. The third-order valence-corrected chi connectivity index (χ3v) is 4.54. The highest BCUT2D eigenvalue weighted by molar-refractivity contribution is 7.11. The Hall–Kier alpha value is -1.90. The van der Waals surface area contributed by atoms with Gasteiger partial charge in [-0.25, -0.2) is 0 Å². The van der Waals surface area contributed by atoms with E-state index in [1.165, 1.54) is 20.9 Å². The van der Waals surface area contributed by atoms with E-state index in [-0.39, 0.29) is 6.04 Å². The van der Waals surface area contributed by atoms with E-state index in [1.807, 2.05) is 11.3 Å². The van der Waals surface area contributed by atoms with Crippen molar-refractivity contribution in [1.82, 2.24) is 5.32 Å². The minimum absolute atomic E-state index is 0.231. The third kappa shape index (κ3) is 3.60.